The molecule has 0 bridgehead atoms. The third-order valence-electron chi connectivity index (χ3n) is 3.60. The predicted octanol–water partition coefficient (Wildman–Crippen LogP) is 3.91. The van der Waals surface area contributed by atoms with Crippen LogP contribution in [0, 0.1) is 5.92 Å². The van der Waals surface area contributed by atoms with Gasteiger partial charge in [-0.3, -0.25) is 0 Å². The summed E-state index contributed by atoms with van der Waals surface area (Å²) in [5.74, 6) is 0.107. The molecule has 20 heavy (non-hydrogen) atoms. The van der Waals surface area contributed by atoms with Crippen LogP contribution >= 0.6 is 11.6 Å². The Hall–Kier alpha value is -0.940. The van der Waals surface area contributed by atoms with Crippen molar-refractivity contribution in [1.29, 1.82) is 0 Å². The molecule has 1 heterocycles. The van der Waals surface area contributed by atoms with Crippen molar-refractivity contribution in [2.45, 2.75) is 25.4 Å². The maximum Gasteiger partial charge on any atom is 0.420 e. The SMILES string of the molecule is COc1c(Cl)cc(CC2CCNCC2)cc1C(F)(F)F. The number of nitrogens with one attached hydrogen (secondary N) is 1. The molecule has 0 unspecified atom stereocenters. The third-order valence-corrected chi connectivity index (χ3v) is 3.88. The quantitative estimate of drug-likeness (QED) is 0.914. The third kappa shape index (κ3) is 3.58. The second kappa shape index (κ2) is 6.22. The molecule has 1 aromatic rings. The van der Waals surface area contributed by atoms with Crippen LogP contribution in [0.3, 0.4) is 0 Å². The molecule has 0 atom stereocenters. The molecule has 1 N–H and O–H groups in total. The molecule has 2 rings (SSSR count). The highest BCUT2D eigenvalue weighted by molar-refractivity contribution is 6.32. The summed E-state index contributed by atoms with van der Waals surface area (Å²) < 4.78 is 43.9. The zero-order chi connectivity index (χ0) is 14.8. The van der Waals surface area contributed by atoms with Crippen LogP contribution in [0.1, 0.15) is 24.0 Å². The number of rotatable bonds is 3. The van der Waals surface area contributed by atoms with E-state index in [1.54, 1.807) is 6.07 Å². The van der Waals surface area contributed by atoms with Crippen molar-refractivity contribution < 1.29 is 17.9 Å². The van der Waals surface area contributed by atoms with E-state index in [0.717, 1.165) is 32.0 Å². The Morgan fingerprint density at radius 2 is 1.95 bits per heavy atom. The second-order valence-corrected chi connectivity index (χ2v) is 5.46. The molecule has 1 aliphatic rings. The molecule has 2 nitrogen and oxygen atoms in total. The first-order chi connectivity index (χ1) is 9.41. The summed E-state index contributed by atoms with van der Waals surface area (Å²) in [5, 5.41) is 3.26. The van der Waals surface area contributed by atoms with Gasteiger partial charge in [0.1, 0.15) is 5.75 Å². The molecule has 0 radical (unpaired) electrons. The maximum absolute atomic E-state index is 13.0. The van der Waals surface area contributed by atoms with E-state index in [1.807, 2.05) is 0 Å². The number of methoxy groups -OCH3 is 1. The van der Waals surface area contributed by atoms with Gasteiger partial charge in [0.05, 0.1) is 17.7 Å². The van der Waals surface area contributed by atoms with Gasteiger partial charge in [-0.2, -0.15) is 13.2 Å². The molecule has 0 amide bonds. The lowest BCUT2D eigenvalue weighted by Gasteiger charge is -2.23. The first-order valence-corrected chi connectivity index (χ1v) is 6.94. The van der Waals surface area contributed by atoms with Crippen molar-refractivity contribution in [2.24, 2.45) is 5.92 Å². The molecule has 112 valence electrons. The van der Waals surface area contributed by atoms with Crippen LogP contribution < -0.4 is 10.1 Å². The van der Waals surface area contributed by atoms with E-state index in [9.17, 15) is 13.2 Å². The minimum absolute atomic E-state index is 0.0197. The first-order valence-electron chi connectivity index (χ1n) is 6.56. The Balaban J connectivity index is 2.28. The van der Waals surface area contributed by atoms with Gasteiger partial charge in [-0.25, -0.2) is 0 Å². The molecule has 1 fully saturated rings. The van der Waals surface area contributed by atoms with Crippen molar-refractivity contribution >= 4 is 11.6 Å². The fraction of sp³-hybridized carbons (Fsp3) is 0.571. The average Bonchev–Trinajstić information content (AvgIpc) is 2.38. The summed E-state index contributed by atoms with van der Waals surface area (Å²) in [4.78, 5) is 0. The van der Waals surface area contributed by atoms with E-state index in [1.165, 1.54) is 7.11 Å². The summed E-state index contributed by atoms with van der Waals surface area (Å²) in [6.45, 7) is 1.83. The smallest absolute Gasteiger partial charge is 0.420 e. The van der Waals surface area contributed by atoms with E-state index in [2.05, 4.69) is 5.32 Å². The topological polar surface area (TPSA) is 21.3 Å². The van der Waals surface area contributed by atoms with Crippen molar-refractivity contribution in [3.05, 3.63) is 28.3 Å². The molecule has 1 aliphatic heterocycles. The van der Waals surface area contributed by atoms with Crippen LogP contribution in [0.15, 0.2) is 12.1 Å². The van der Waals surface area contributed by atoms with E-state index in [4.69, 9.17) is 16.3 Å². The molecular formula is C14H17ClF3NO. The van der Waals surface area contributed by atoms with Crippen LogP contribution in [0.2, 0.25) is 5.02 Å². The minimum atomic E-state index is -4.46. The zero-order valence-corrected chi connectivity index (χ0v) is 11.9. The van der Waals surface area contributed by atoms with Gasteiger partial charge < -0.3 is 10.1 Å². The Morgan fingerprint density at radius 1 is 1.30 bits per heavy atom. The Kier molecular flexibility index (Phi) is 4.81. The molecule has 6 heteroatoms. The fourth-order valence-electron chi connectivity index (χ4n) is 2.60. The zero-order valence-electron chi connectivity index (χ0n) is 11.2. The fourth-order valence-corrected chi connectivity index (χ4v) is 2.92. The lowest BCUT2D eigenvalue weighted by molar-refractivity contribution is -0.138. The monoisotopic (exact) mass is 307 g/mol. The molecule has 0 spiro atoms. The largest absolute Gasteiger partial charge is 0.495 e. The van der Waals surface area contributed by atoms with Gasteiger partial charge in [-0.05, 0) is 56.0 Å². The summed E-state index contributed by atoms with van der Waals surface area (Å²) in [6.07, 6.45) is -1.89. The van der Waals surface area contributed by atoms with Gasteiger partial charge in [0.2, 0.25) is 0 Å². The molecule has 1 saturated heterocycles. The molecule has 0 aliphatic carbocycles. The Labute approximate surface area is 121 Å². The van der Waals surface area contributed by atoms with Crippen LogP contribution in [0.5, 0.6) is 5.75 Å². The Morgan fingerprint density at radius 3 is 2.50 bits per heavy atom. The van der Waals surface area contributed by atoms with Crippen LogP contribution in [-0.2, 0) is 12.6 Å². The number of hydrogen-bond acceptors (Lipinski definition) is 2. The highest BCUT2D eigenvalue weighted by Crippen LogP contribution is 2.41. The second-order valence-electron chi connectivity index (χ2n) is 5.05. The van der Waals surface area contributed by atoms with Crippen molar-refractivity contribution in [3.8, 4) is 5.75 Å². The lowest BCUT2D eigenvalue weighted by atomic mass is 9.90. The van der Waals surface area contributed by atoms with E-state index in [-0.39, 0.29) is 10.8 Å². The van der Waals surface area contributed by atoms with Crippen molar-refractivity contribution in [2.75, 3.05) is 20.2 Å². The molecular weight excluding hydrogens is 291 g/mol. The molecule has 1 aromatic carbocycles. The van der Waals surface area contributed by atoms with Gasteiger partial charge in [-0.15, -0.1) is 0 Å². The van der Waals surface area contributed by atoms with Crippen molar-refractivity contribution in [3.63, 3.8) is 0 Å². The number of halogens is 4. The van der Waals surface area contributed by atoms with Crippen molar-refractivity contribution in [1.82, 2.24) is 5.32 Å². The standard InChI is InChI=1S/C14H17ClF3NO/c1-20-13-11(14(16,17)18)7-10(8-12(13)15)6-9-2-4-19-5-3-9/h7-9,19H,2-6H2,1H3. The predicted molar refractivity (Wildman–Crippen MR) is 72.3 cm³/mol. The van der Waals surface area contributed by atoms with Gasteiger partial charge in [0, 0.05) is 0 Å². The average molecular weight is 308 g/mol. The summed E-state index contributed by atoms with van der Waals surface area (Å²) >= 11 is 5.92. The number of ether oxygens (including phenoxy) is 1. The van der Waals surface area contributed by atoms with Gasteiger partial charge >= 0.3 is 6.18 Å². The Bertz CT molecular complexity index is 470. The van der Waals surface area contributed by atoms with Gasteiger partial charge in [0.25, 0.3) is 0 Å². The van der Waals surface area contributed by atoms with Crippen LogP contribution in [0.25, 0.3) is 0 Å². The van der Waals surface area contributed by atoms with Crippen LogP contribution in [-0.4, -0.2) is 20.2 Å². The van der Waals surface area contributed by atoms with Crippen LogP contribution in [0.4, 0.5) is 13.2 Å². The van der Waals surface area contributed by atoms with Gasteiger partial charge in [0.15, 0.2) is 0 Å². The summed E-state index contributed by atoms with van der Waals surface area (Å²) in [7, 11) is 1.20. The molecule has 0 saturated carbocycles. The van der Waals surface area contributed by atoms with E-state index < -0.39 is 11.7 Å². The number of hydrogen-bond donors (Lipinski definition) is 1. The number of piperidine rings is 1. The van der Waals surface area contributed by atoms with E-state index >= 15 is 0 Å². The summed E-state index contributed by atoms with van der Waals surface area (Å²) in [6, 6.07) is 2.74. The number of benzene rings is 1. The normalized spacial score (nSPS) is 17.2. The van der Waals surface area contributed by atoms with Gasteiger partial charge in [-0.1, -0.05) is 11.6 Å². The highest BCUT2D eigenvalue weighted by Gasteiger charge is 2.36. The van der Waals surface area contributed by atoms with E-state index in [0.29, 0.717) is 17.9 Å². The number of alkyl halides is 3. The summed E-state index contributed by atoms with van der Waals surface area (Å²) in [5.41, 5.74) is -0.175. The molecule has 0 aromatic heterocycles. The first kappa shape index (κ1) is 15.4. The lowest BCUT2D eigenvalue weighted by Crippen LogP contribution is -2.28. The maximum atomic E-state index is 13.0. The minimum Gasteiger partial charge on any atom is -0.495 e. The highest BCUT2D eigenvalue weighted by atomic mass is 35.5.